The van der Waals surface area contributed by atoms with E-state index in [0.717, 1.165) is 37.8 Å². The van der Waals surface area contributed by atoms with Crippen molar-refractivity contribution in [2.45, 2.75) is 38.5 Å². The van der Waals surface area contributed by atoms with E-state index in [1.54, 1.807) is 0 Å². The lowest BCUT2D eigenvalue weighted by atomic mass is 9.70. The Morgan fingerprint density at radius 2 is 1.89 bits per heavy atom. The normalized spacial score (nSPS) is 18.3. The van der Waals surface area contributed by atoms with Gasteiger partial charge in [-0.25, -0.2) is 8.78 Å². The Kier molecular flexibility index (Phi) is 4.30. The Morgan fingerprint density at radius 1 is 1.21 bits per heavy atom. The van der Waals surface area contributed by atoms with Gasteiger partial charge in [-0.05, 0) is 36.9 Å². The van der Waals surface area contributed by atoms with Gasteiger partial charge < -0.3 is 5.73 Å². The molecule has 1 aliphatic carbocycles. The first-order valence-corrected chi connectivity index (χ1v) is 6.75. The number of carbonyl (C=O) groups is 1. The summed E-state index contributed by atoms with van der Waals surface area (Å²) in [6, 6.07) is 3.09. The van der Waals surface area contributed by atoms with Gasteiger partial charge >= 0.3 is 0 Å². The van der Waals surface area contributed by atoms with Crippen LogP contribution in [0.15, 0.2) is 18.2 Å². The minimum atomic E-state index is -0.784. The maximum atomic E-state index is 13.6. The third kappa shape index (κ3) is 3.18. The highest BCUT2D eigenvalue weighted by Gasteiger charge is 2.33. The monoisotopic (exact) mass is 267 g/mol. The Balaban J connectivity index is 2.15. The quantitative estimate of drug-likeness (QED) is 0.849. The zero-order chi connectivity index (χ0) is 13.9. The van der Waals surface area contributed by atoms with Crippen molar-refractivity contribution in [3.63, 3.8) is 0 Å². The molecule has 0 radical (unpaired) electrons. The molecule has 0 aliphatic heterocycles. The van der Waals surface area contributed by atoms with Crippen LogP contribution in [0.3, 0.4) is 0 Å². The zero-order valence-electron chi connectivity index (χ0n) is 10.9. The van der Waals surface area contributed by atoms with Crippen LogP contribution < -0.4 is 5.73 Å². The average Bonchev–Trinajstić information content (AvgIpc) is 2.39. The molecule has 19 heavy (non-hydrogen) atoms. The smallest absolute Gasteiger partial charge is 0.166 e. The van der Waals surface area contributed by atoms with E-state index in [4.69, 9.17) is 5.73 Å². The third-order valence-corrected chi connectivity index (χ3v) is 4.11. The molecule has 0 spiro atoms. The van der Waals surface area contributed by atoms with Crippen molar-refractivity contribution in [3.8, 4) is 0 Å². The lowest BCUT2D eigenvalue weighted by Crippen LogP contribution is -2.35. The van der Waals surface area contributed by atoms with Gasteiger partial charge in [0.2, 0.25) is 0 Å². The summed E-state index contributed by atoms with van der Waals surface area (Å²) in [4.78, 5) is 12.2. The molecule has 1 fully saturated rings. The number of Topliss-reactive ketones (excluding diaryl/α,β-unsaturated/α-hetero) is 1. The SMILES string of the molecule is NCC1(CC(=O)c2ccc(F)cc2F)CCCCC1. The van der Waals surface area contributed by atoms with Crippen LogP contribution in [-0.4, -0.2) is 12.3 Å². The van der Waals surface area contributed by atoms with E-state index in [-0.39, 0.29) is 23.2 Å². The van der Waals surface area contributed by atoms with Crippen LogP contribution in [0.1, 0.15) is 48.9 Å². The van der Waals surface area contributed by atoms with Gasteiger partial charge in [0.25, 0.3) is 0 Å². The summed E-state index contributed by atoms with van der Waals surface area (Å²) in [5, 5.41) is 0. The molecule has 0 atom stereocenters. The molecule has 104 valence electrons. The molecule has 0 amide bonds. The highest BCUT2D eigenvalue weighted by atomic mass is 19.1. The summed E-state index contributed by atoms with van der Waals surface area (Å²) >= 11 is 0. The lowest BCUT2D eigenvalue weighted by Gasteiger charge is -2.35. The Morgan fingerprint density at radius 3 is 2.47 bits per heavy atom. The van der Waals surface area contributed by atoms with Gasteiger partial charge in [0.1, 0.15) is 11.6 Å². The standard InChI is InChI=1S/C15H19F2NO/c16-11-4-5-12(13(17)8-11)14(19)9-15(10-18)6-2-1-3-7-15/h4-5,8H,1-3,6-7,9-10,18H2. The van der Waals surface area contributed by atoms with E-state index in [2.05, 4.69) is 0 Å². The first-order chi connectivity index (χ1) is 9.06. The van der Waals surface area contributed by atoms with Crippen molar-refractivity contribution in [3.05, 3.63) is 35.4 Å². The number of halogens is 2. The molecule has 2 rings (SSSR count). The molecular formula is C15H19F2NO. The van der Waals surface area contributed by atoms with Crippen molar-refractivity contribution < 1.29 is 13.6 Å². The molecule has 0 saturated heterocycles. The van der Waals surface area contributed by atoms with Gasteiger partial charge in [-0.15, -0.1) is 0 Å². The summed E-state index contributed by atoms with van der Waals surface area (Å²) in [6.07, 6.45) is 5.38. The van der Waals surface area contributed by atoms with E-state index in [9.17, 15) is 13.6 Å². The first-order valence-electron chi connectivity index (χ1n) is 6.75. The molecule has 0 aromatic heterocycles. The molecule has 0 heterocycles. The van der Waals surface area contributed by atoms with Crippen LogP contribution in [0.5, 0.6) is 0 Å². The molecule has 1 saturated carbocycles. The zero-order valence-corrected chi connectivity index (χ0v) is 10.9. The van der Waals surface area contributed by atoms with Crippen LogP contribution >= 0.6 is 0 Å². The van der Waals surface area contributed by atoms with Crippen molar-refractivity contribution in [2.24, 2.45) is 11.1 Å². The van der Waals surface area contributed by atoms with Gasteiger partial charge in [-0.3, -0.25) is 4.79 Å². The number of nitrogens with two attached hydrogens (primary N) is 1. The van der Waals surface area contributed by atoms with Crippen LogP contribution in [0.4, 0.5) is 8.78 Å². The van der Waals surface area contributed by atoms with E-state index < -0.39 is 11.6 Å². The summed E-state index contributed by atoms with van der Waals surface area (Å²) in [7, 11) is 0. The van der Waals surface area contributed by atoms with E-state index in [1.165, 1.54) is 12.5 Å². The second kappa shape index (κ2) is 5.78. The first kappa shape index (κ1) is 14.1. The maximum absolute atomic E-state index is 13.6. The fourth-order valence-corrected chi connectivity index (χ4v) is 2.91. The second-order valence-corrected chi connectivity index (χ2v) is 5.49. The minimum absolute atomic E-state index is 0.0280. The van der Waals surface area contributed by atoms with Crippen LogP contribution in [0.2, 0.25) is 0 Å². The summed E-state index contributed by atoms with van der Waals surface area (Å²) in [5.41, 5.74) is 5.59. The number of benzene rings is 1. The number of ketones is 1. The van der Waals surface area contributed by atoms with Gasteiger partial charge in [0.15, 0.2) is 5.78 Å². The molecular weight excluding hydrogens is 248 g/mol. The number of hydrogen-bond donors (Lipinski definition) is 1. The lowest BCUT2D eigenvalue weighted by molar-refractivity contribution is 0.0864. The molecule has 4 heteroatoms. The molecule has 1 aromatic carbocycles. The molecule has 0 unspecified atom stereocenters. The van der Waals surface area contributed by atoms with E-state index in [1.807, 2.05) is 0 Å². The number of rotatable bonds is 4. The van der Waals surface area contributed by atoms with Gasteiger partial charge in [-0.2, -0.15) is 0 Å². The molecule has 0 bridgehead atoms. The third-order valence-electron chi connectivity index (χ3n) is 4.11. The highest BCUT2D eigenvalue weighted by molar-refractivity contribution is 5.96. The van der Waals surface area contributed by atoms with E-state index in [0.29, 0.717) is 6.54 Å². The summed E-state index contributed by atoms with van der Waals surface area (Å²) in [6.45, 7) is 0.446. The van der Waals surface area contributed by atoms with Crippen LogP contribution in [0.25, 0.3) is 0 Å². The minimum Gasteiger partial charge on any atom is -0.330 e. The van der Waals surface area contributed by atoms with E-state index >= 15 is 0 Å². The Labute approximate surface area is 112 Å². The molecule has 2 nitrogen and oxygen atoms in total. The van der Waals surface area contributed by atoms with Crippen molar-refractivity contribution in [1.29, 1.82) is 0 Å². The van der Waals surface area contributed by atoms with Gasteiger partial charge in [-0.1, -0.05) is 19.3 Å². The summed E-state index contributed by atoms with van der Waals surface area (Å²) in [5.74, 6) is -1.72. The fourth-order valence-electron chi connectivity index (χ4n) is 2.91. The Bertz CT molecular complexity index is 467. The highest BCUT2D eigenvalue weighted by Crippen LogP contribution is 2.39. The van der Waals surface area contributed by atoms with Crippen molar-refractivity contribution in [1.82, 2.24) is 0 Å². The Hall–Kier alpha value is -1.29. The van der Waals surface area contributed by atoms with Crippen molar-refractivity contribution in [2.75, 3.05) is 6.54 Å². The largest absolute Gasteiger partial charge is 0.330 e. The molecule has 1 aliphatic rings. The average molecular weight is 267 g/mol. The predicted molar refractivity (Wildman–Crippen MR) is 69.9 cm³/mol. The fraction of sp³-hybridized carbons (Fsp3) is 0.533. The van der Waals surface area contributed by atoms with Crippen LogP contribution in [-0.2, 0) is 0 Å². The molecule has 1 aromatic rings. The predicted octanol–water partition coefficient (Wildman–Crippen LogP) is 3.45. The van der Waals surface area contributed by atoms with Gasteiger partial charge in [0.05, 0.1) is 5.56 Å². The second-order valence-electron chi connectivity index (χ2n) is 5.49. The number of hydrogen-bond acceptors (Lipinski definition) is 2. The molecule has 2 N–H and O–H groups in total. The summed E-state index contributed by atoms with van der Waals surface area (Å²) < 4.78 is 26.4. The number of carbonyl (C=O) groups excluding carboxylic acids is 1. The van der Waals surface area contributed by atoms with Crippen molar-refractivity contribution >= 4 is 5.78 Å². The van der Waals surface area contributed by atoms with Crippen LogP contribution in [0, 0.1) is 17.0 Å². The maximum Gasteiger partial charge on any atom is 0.166 e. The topological polar surface area (TPSA) is 43.1 Å². The van der Waals surface area contributed by atoms with Gasteiger partial charge in [0, 0.05) is 12.5 Å².